The maximum absolute atomic E-state index is 13.2. The van der Waals surface area contributed by atoms with Gasteiger partial charge in [0.05, 0.1) is 11.0 Å². The number of hydrogen-bond donors (Lipinski definition) is 0. The molecule has 1 aliphatic rings. The summed E-state index contributed by atoms with van der Waals surface area (Å²) in [6, 6.07) is 18.0. The average Bonchev–Trinajstić information content (AvgIpc) is 2.81. The number of para-hydroxylation sites is 2. The number of amides is 1. The molecule has 1 amide bonds. The van der Waals surface area contributed by atoms with Crippen molar-refractivity contribution < 1.29 is 4.79 Å². The number of piperazine rings is 1. The van der Waals surface area contributed by atoms with Gasteiger partial charge < -0.3 is 14.4 Å². The van der Waals surface area contributed by atoms with E-state index in [-0.39, 0.29) is 17.4 Å². The number of hydrogen-bond acceptors (Lipinski definition) is 4. The van der Waals surface area contributed by atoms with Crippen LogP contribution < -0.4 is 10.5 Å². The van der Waals surface area contributed by atoms with Gasteiger partial charge in [-0.05, 0) is 30.0 Å². The molecule has 162 valence electrons. The lowest BCUT2D eigenvalue weighted by molar-refractivity contribution is -0.131. The number of rotatable bonds is 6. The van der Waals surface area contributed by atoms with E-state index in [1.54, 1.807) is 0 Å². The lowest BCUT2D eigenvalue weighted by Crippen LogP contribution is -2.50. The first-order valence-electron chi connectivity index (χ1n) is 11.2. The van der Waals surface area contributed by atoms with E-state index in [1.807, 2.05) is 56.8 Å². The lowest BCUT2D eigenvalue weighted by Gasteiger charge is -2.35. The summed E-state index contributed by atoms with van der Waals surface area (Å²) in [7, 11) is 0. The highest BCUT2D eigenvalue weighted by Crippen LogP contribution is 2.21. The second kappa shape index (κ2) is 9.33. The summed E-state index contributed by atoms with van der Waals surface area (Å²) in [5.74, 6) is 0.859. The highest BCUT2D eigenvalue weighted by atomic mass is 16.2. The summed E-state index contributed by atoms with van der Waals surface area (Å²) in [4.78, 5) is 34.6. The van der Waals surface area contributed by atoms with E-state index < -0.39 is 0 Å². The fraction of sp³-hybridized carbons (Fsp3) is 0.400. The molecule has 4 rings (SSSR count). The topological polar surface area (TPSA) is 58.4 Å². The smallest absolute Gasteiger partial charge is 0.294 e. The first-order valence-corrected chi connectivity index (χ1v) is 11.2. The number of fused-ring (bicyclic) bond motifs is 1. The highest BCUT2D eigenvalue weighted by Gasteiger charge is 2.25. The fourth-order valence-electron chi connectivity index (χ4n) is 4.29. The van der Waals surface area contributed by atoms with Crippen LogP contribution in [0.15, 0.2) is 59.4 Å². The summed E-state index contributed by atoms with van der Waals surface area (Å²) in [6.07, 6.45) is 1.39. The minimum Gasteiger partial charge on any atom is -0.348 e. The molecule has 1 aromatic heterocycles. The Bertz CT molecular complexity index is 1100. The summed E-state index contributed by atoms with van der Waals surface area (Å²) in [6.45, 7) is 7.31. The van der Waals surface area contributed by atoms with Crippen molar-refractivity contribution in [2.24, 2.45) is 0 Å². The third-order valence-corrected chi connectivity index (χ3v) is 6.06. The predicted molar refractivity (Wildman–Crippen MR) is 125 cm³/mol. The van der Waals surface area contributed by atoms with Crippen LogP contribution in [0.2, 0.25) is 0 Å². The molecule has 1 saturated heterocycles. The molecular weight excluding hydrogens is 388 g/mol. The van der Waals surface area contributed by atoms with Crippen molar-refractivity contribution in [1.29, 1.82) is 0 Å². The molecule has 2 aromatic carbocycles. The van der Waals surface area contributed by atoms with Crippen molar-refractivity contribution in [3.05, 3.63) is 70.5 Å². The molecule has 6 nitrogen and oxygen atoms in total. The maximum Gasteiger partial charge on any atom is 0.294 e. The minimum atomic E-state index is -0.0435. The van der Waals surface area contributed by atoms with Crippen molar-refractivity contribution in [3.63, 3.8) is 0 Å². The molecule has 3 aromatic rings. The Kier molecular flexibility index (Phi) is 6.35. The Morgan fingerprint density at radius 3 is 2.39 bits per heavy atom. The highest BCUT2D eigenvalue weighted by molar-refractivity contribution is 5.78. The predicted octanol–water partition coefficient (Wildman–Crippen LogP) is 3.65. The molecule has 0 aliphatic carbocycles. The third kappa shape index (κ3) is 4.48. The van der Waals surface area contributed by atoms with E-state index in [1.165, 1.54) is 5.56 Å². The van der Waals surface area contributed by atoms with Crippen LogP contribution in [0.4, 0.5) is 5.82 Å². The molecule has 1 atom stereocenters. The van der Waals surface area contributed by atoms with Crippen LogP contribution in [0.5, 0.6) is 0 Å². The molecule has 1 aliphatic heterocycles. The Balaban J connectivity index is 1.46. The summed E-state index contributed by atoms with van der Waals surface area (Å²) >= 11 is 0. The molecule has 0 radical (unpaired) electrons. The second-order valence-corrected chi connectivity index (χ2v) is 8.26. The number of carbonyl (C=O) groups excluding carboxylic acids is 1. The number of nitrogens with zero attached hydrogens (tertiary/aromatic N) is 4. The van der Waals surface area contributed by atoms with E-state index in [0.29, 0.717) is 45.0 Å². The van der Waals surface area contributed by atoms with E-state index in [0.717, 1.165) is 17.5 Å². The van der Waals surface area contributed by atoms with Crippen LogP contribution in [0.3, 0.4) is 0 Å². The largest absolute Gasteiger partial charge is 0.348 e. The van der Waals surface area contributed by atoms with E-state index in [4.69, 9.17) is 0 Å². The number of benzene rings is 2. The van der Waals surface area contributed by atoms with Gasteiger partial charge in [0.15, 0.2) is 5.82 Å². The Morgan fingerprint density at radius 2 is 1.68 bits per heavy atom. The first-order chi connectivity index (χ1) is 15.1. The SMILES string of the molecule is CCCn1c(=O)c(N2CCN(C(=O)C[C@H](C)c3ccccc3)CC2)nc2ccccc21. The maximum atomic E-state index is 13.2. The average molecular weight is 419 g/mol. The van der Waals surface area contributed by atoms with Crippen molar-refractivity contribution in [2.75, 3.05) is 31.1 Å². The minimum absolute atomic E-state index is 0.0435. The van der Waals surface area contributed by atoms with Crippen molar-refractivity contribution in [2.45, 2.75) is 39.2 Å². The zero-order valence-electron chi connectivity index (χ0n) is 18.3. The number of aryl methyl sites for hydroxylation is 1. The summed E-state index contributed by atoms with van der Waals surface area (Å²) in [5.41, 5.74) is 2.85. The van der Waals surface area contributed by atoms with Gasteiger partial charge in [-0.15, -0.1) is 0 Å². The molecule has 0 N–H and O–H groups in total. The van der Waals surface area contributed by atoms with Gasteiger partial charge in [-0.1, -0.05) is 56.3 Å². The number of anilines is 1. The van der Waals surface area contributed by atoms with Crippen LogP contribution in [-0.2, 0) is 11.3 Å². The van der Waals surface area contributed by atoms with Gasteiger partial charge in [-0.25, -0.2) is 4.98 Å². The van der Waals surface area contributed by atoms with Gasteiger partial charge >= 0.3 is 0 Å². The first kappa shape index (κ1) is 21.1. The lowest BCUT2D eigenvalue weighted by atomic mass is 9.97. The van der Waals surface area contributed by atoms with Crippen molar-refractivity contribution in [1.82, 2.24) is 14.5 Å². The number of aromatic nitrogens is 2. The van der Waals surface area contributed by atoms with Crippen LogP contribution in [0.1, 0.15) is 38.2 Å². The van der Waals surface area contributed by atoms with Crippen LogP contribution >= 0.6 is 0 Å². The van der Waals surface area contributed by atoms with Gasteiger partial charge in [-0.3, -0.25) is 9.59 Å². The molecule has 2 heterocycles. The Hall–Kier alpha value is -3.15. The van der Waals surface area contributed by atoms with Gasteiger partial charge in [0.2, 0.25) is 5.91 Å². The van der Waals surface area contributed by atoms with Gasteiger partial charge in [0.1, 0.15) is 0 Å². The monoisotopic (exact) mass is 418 g/mol. The molecule has 0 spiro atoms. The fourth-order valence-corrected chi connectivity index (χ4v) is 4.29. The normalized spacial score (nSPS) is 15.3. The Morgan fingerprint density at radius 1 is 1.00 bits per heavy atom. The molecule has 1 fully saturated rings. The van der Waals surface area contributed by atoms with Gasteiger partial charge in [0, 0.05) is 39.1 Å². The van der Waals surface area contributed by atoms with Crippen molar-refractivity contribution in [3.8, 4) is 0 Å². The van der Waals surface area contributed by atoms with Gasteiger partial charge in [-0.2, -0.15) is 0 Å². The zero-order valence-corrected chi connectivity index (χ0v) is 18.3. The van der Waals surface area contributed by atoms with E-state index >= 15 is 0 Å². The second-order valence-electron chi connectivity index (χ2n) is 8.26. The molecular formula is C25H30N4O2. The van der Waals surface area contributed by atoms with Crippen LogP contribution in [-0.4, -0.2) is 46.5 Å². The Labute approximate surface area is 183 Å². The number of carbonyl (C=O) groups is 1. The van der Waals surface area contributed by atoms with E-state index in [9.17, 15) is 9.59 Å². The standard InChI is InChI=1S/C25H30N4O2/c1-3-13-29-22-12-8-7-11-21(22)26-24(25(29)31)28-16-14-27(15-17-28)23(30)18-19(2)20-9-5-4-6-10-20/h4-12,19H,3,13-18H2,1-2H3/t19-/m0/s1. The third-order valence-electron chi connectivity index (χ3n) is 6.06. The van der Waals surface area contributed by atoms with Crippen LogP contribution in [0.25, 0.3) is 11.0 Å². The van der Waals surface area contributed by atoms with Gasteiger partial charge in [0.25, 0.3) is 5.56 Å². The molecule has 31 heavy (non-hydrogen) atoms. The van der Waals surface area contributed by atoms with Crippen LogP contribution in [0, 0.1) is 0 Å². The molecule has 0 bridgehead atoms. The quantitative estimate of drug-likeness (QED) is 0.613. The van der Waals surface area contributed by atoms with E-state index in [2.05, 4.69) is 31.0 Å². The van der Waals surface area contributed by atoms with Crippen molar-refractivity contribution >= 4 is 22.8 Å². The summed E-state index contributed by atoms with van der Waals surface area (Å²) in [5, 5.41) is 0. The zero-order chi connectivity index (χ0) is 21.8. The molecule has 0 saturated carbocycles. The summed E-state index contributed by atoms with van der Waals surface area (Å²) < 4.78 is 1.83. The molecule has 6 heteroatoms. The molecule has 0 unspecified atom stereocenters.